The number of benzene rings is 1. The van der Waals surface area contributed by atoms with E-state index in [1.165, 1.54) is 18.5 Å². The Hall–Kier alpha value is -2.39. The molecule has 2 saturated heterocycles. The van der Waals surface area contributed by atoms with E-state index < -0.39 is 41.9 Å². The number of hydrogen-bond acceptors (Lipinski definition) is 6. The van der Waals surface area contributed by atoms with E-state index in [0.717, 1.165) is 11.5 Å². The van der Waals surface area contributed by atoms with Crippen LogP contribution in [0.25, 0.3) is 11.0 Å². The summed E-state index contributed by atoms with van der Waals surface area (Å²) in [5.41, 5.74) is 0.812. The number of ether oxygens (including phenoxy) is 3. The molecule has 0 amide bonds. The highest BCUT2D eigenvalue weighted by atomic mass is 35.5. The van der Waals surface area contributed by atoms with Crippen LogP contribution < -0.4 is 0 Å². The second-order valence-corrected chi connectivity index (χ2v) is 7.94. The number of fused-ring (bicyclic) bond motifs is 2. The van der Waals surface area contributed by atoms with E-state index in [2.05, 4.69) is 9.97 Å². The highest BCUT2D eigenvalue weighted by Gasteiger charge is 2.58. The molecule has 0 bridgehead atoms. The van der Waals surface area contributed by atoms with E-state index in [1.54, 1.807) is 24.6 Å². The Kier molecular flexibility index (Phi) is 4.22. The summed E-state index contributed by atoms with van der Waals surface area (Å²) < 4.78 is 33.8. The van der Waals surface area contributed by atoms with Crippen LogP contribution in [-0.2, 0) is 14.2 Å². The second kappa shape index (κ2) is 6.56. The average molecular weight is 418 g/mol. The predicted octanol–water partition coefficient (Wildman–Crippen LogP) is 3.52. The smallest absolute Gasteiger partial charge is 0.194 e. The lowest BCUT2D eigenvalue weighted by Crippen LogP contribution is -2.35. The van der Waals surface area contributed by atoms with Crippen molar-refractivity contribution < 1.29 is 23.4 Å². The Bertz CT molecular complexity index is 1120. The summed E-state index contributed by atoms with van der Waals surface area (Å²) in [7, 11) is 0. The van der Waals surface area contributed by atoms with Gasteiger partial charge in [0.25, 0.3) is 0 Å². The molecular weight excluding hydrogens is 401 g/mol. The van der Waals surface area contributed by atoms with Crippen molar-refractivity contribution in [2.24, 2.45) is 0 Å². The van der Waals surface area contributed by atoms with Crippen LogP contribution in [0.2, 0.25) is 5.02 Å². The van der Waals surface area contributed by atoms with E-state index in [-0.39, 0.29) is 10.6 Å². The molecule has 29 heavy (non-hydrogen) atoms. The molecule has 0 unspecified atom stereocenters. The van der Waals surface area contributed by atoms with Gasteiger partial charge in [0.05, 0.1) is 5.02 Å². The van der Waals surface area contributed by atoms with E-state index >= 15 is 0 Å². The van der Waals surface area contributed by atoms with Gasteiger partial charge in [-0.15, -0.1) is 0 Å². The van der Waals surface area contributed by atoms with Crippen LogP contribution in [0.1, 0.15) is 30.4 Å². The Morgan fingerprint density at radius 3 is 2.83 bits per heavy atom. The number of Topliss-reactive ketones (excluding diaryl/α,β-unsaturated/α-hetero) is 1. The molecule has 2 aliphatic heterocycles. The fourth-order valence-electron chi connectivity index (χ4n) is 3.93. The lowest BCUT2D eigenvalue weighted by molar-refractivity contribution is -0.190. The average Bonchev–Trinajstić information content (AvgIpc) is 3.34. The minimum atomic E-state index is -0.966. The molecule has 4 heterocycles. The summed E-state index contributed by atoms with van der Waals surface area (Å²) in [6, 6.07) is 5.78. The second-order valence-electron chi connectivity index (χ2n) is 7.53. The highest BCUT2D eigenvalue weighted by molar-refractivity contribution is 6.30. The zero-order valence-electron chi connectivity index (χ0n) is 15.6. The summed E-state index contributed by atoms with van der Waals surface area (Å²) in [5.74, 6) is -1.95. The Morgan fingerprint density at radius 2 is 2.03 bits per heavy atom. The Balaban J connectivity index is 1.53. The number of rotatable bonds is 3. The molecule has 9 heteroatoms. The molecule has 4 atom stereocenters. The molecule has 2 aromatic heterocycles. The molecule has 0 radical (unpaired) electrons. The highest BCUT2D eigenvalue weighted by Crippen LogP contribution is 2.44. The third kappa shape index (κ3) is 3.03. The number of hydrogen-bond donors (Lipinski definition) is 0. The first-order chi connectivity index (χ1) is 13.8. The van der Waals surface area contributed by atoms with Gasteiger partial charge in [-0.3, -0.25) is 4.79 Å². The van der Waals surface area contributed by atoms with Crippen molar-refractivity contribution in [2.75, 3.05) is 0 Å². The monoisotopic (exact) mass is 417 g/mol. The molecule has 0 N–H and O–H groups in total. The maximum absolute atomic E-state index is 13.9. The summed E-state index contributed by atoms with van der Waals surface area (Å²) in [5, 5.41) is 0.782. The predicted molar refractivity (Wildman–Crippen MR) is 101 cm³/mol. The van der Waals surface area contributed by atoms with Crippen LogP contribution in [-0.4, -0.2) is 44.4 Å². The van der Waals surface area contributed by atoms with Crippen molar-refractivity contribution in [3.05, 3.63) is 59.4 Å². The molecule has 7 nitrogen and oxygen atoms in total. The number of aromatic nitrogens is 3. The minimum Gasteiger partial charge on any atom is -0.341 e. The van der Waals surface area contributed by atoms with E-state index in [9.17, 15) is 9.18 Å². The van der Waals surface area contributed by atoms with Crippen molar-refractivity contribution in [2.45, 2.75) is 44.2 Å². The van der Waals surface area contributed by atoms with Gasteiger partial charge in [-0.05, 0) is 38.1 Å². The van der Waals surface area contributed by atoms with Gasteiger partial charge in [-0.25, -0.2) is 14.4 Å². The zero-order valence-corrected chi connectivity index (χ0v) is 16.3. The third-order valence-electron chi connectivity index (χ3n) is 5.14. The van der Waals surface area contributed by atoms with Crippen LogP contribution in [0.4, 0.5) is 4.39 Å². The summed E-state index contributed by atoms with van der Waals surface area (Å²) >= 11 is 5.74. The van der Waals surface area contributed by atoms with Gasteiger partial charge in [0, 0.05) is 23.3 Å². The van der Waals surface area contributed by atoms with Gasteiger partial charge >= 0.3 is 0 Å². The number of ketones is 1. The molecule has 0 saturated carbocycles. The van der Waals surface area contributed by atoms with Crippen LogP contribution in [0.15, 0.2) is 43.0 Å². The summed E-state index contributed by atoms with van der Waals surface area (Å²) in [4.78, 5) is 21.5. The largest absolute Gasteiger partial charge is 0.341 e. The van der Waals surface area contributed by atoms with Gasteiger partial charge in [0.15, 0.2) is 23.9 Å². The third-order valence-corrected chi connectivity index (χ3v) is 5.45. The molecule has 2 aliphatic rings. The first-order valence-electron chi connectivity index (χ1n) is 9.11. The molecule has 150 valence electrons. The van der Waals surface area contributed by atoms with Crippen molar-refractivity contribution in [3.8, 4) is 0 Å². The maximum atomic E-state index is 13.9. The Labute approximate surface area is 170 Å². The lowest BCUT2D eigenvalue weighted by Gasteiger charge is -2.24. The van der Waals surface area contributed by atoms with E-state index in [0.29, 0.717) is 5.65 Å². The lowest BCUT2D eigenvalue weighted by atomic mass is 10.0. The quantitative estimate of drug-likeness (QED) is 0.607. The normalized spacial score (nSPS) is 28.0. The topological polar surface area (TPSA) is 75.5 Å². The first kappa shape index (κ1) is 18.6. The van der Waals surface area contributed by atoms with Crippen LogP contribution >= 0.6 is 11.6 Å². The van der Waals surface area contributed by atoms with Gasteiger partial charge in [-0.1, -0.05) is 11.6 Å². The van der Waals surface area contributed by atoms with Crippen LogP contribution in [0.5, 0.6) is 0 Å². The van der Waals surface area contributed by atoms with Crippen molar-refractivity contribution in [1.82, 2.24) is 14.5 Å². The standard InChI is InChI=1S/C20H17ClFN3O4/c1-20(2)28-16-15(14(26)10-3-4-12(21)13(22)7-10)27-19(17(16)29-20)25-6-5-11-8-23-9-24-18(11)25/h3-9,15-17,19H,1-2H3/t15-,16-,17-,19-/m1/s1. The van der Waals surface area contributed by atoms with Gasteiger partial charge < -0.3 is 18.8 Å². The number of halogens is 2. The first-order valence-corrected chi connectivity index (χ1v) is 9.49. The van der Waals surface area contributed by atoms with Crippen molar-refractivity contribution in [1.29, 1.82) is 0 Å². The molecular formula is C20H17ClFN3O4. The number of carbonyl (C=O) groups excluding carboxylic acids is 1. The van der Waals surface area contributed by atoms with Crippen molar-refractivity contribution in [3.63, 3.8) is 0 Å². The molecule has 5 rings (SSSR count). The van der Waals surface area contributed by atoms with E-state index in [4.69, 9.17) is 25.8 Å². The summed E-state index contributed by atoms with van der Waals surface area (Å²) in [6.07, 6.45) is 2.15. The van der Waals surface area contributed by atoms with Gasteiger partial charge in [0.2, 0.25) is 0 Å². The van der Waals surface area contributed by atoms with Crippen LogP contribution in [0, 0.1) is 5.82 Å². The van der Waals surface area contributed by atoms with Crippen molar-refractivity contribution >= 4 is 28.4 Å². The Morgan fingerprint density at radius 1 is 1.24 bits per heavy atom. The zero-order chi connectivity index (χ0) is 20.3. The molecule has 3 aromatic rings. The molecule has 1 aromatic carbocycles. The van der Waals surface area contributed by atoms with Crippen LogP contribution in [0.3, 0.4) is 0 Å². The van der Waals surface area contributed by atoms with E-state index in [1.807, 2.05) is 12.3 Å². The summed E-state index contributed by atoms with van der Waals surface area (Å²) in [6.45, 7) is 3.56. The fraction of sp³-hybridized carbons (Fsp3) is 0.350. The number of carbonyl (C=O) groups is 1. The molecule has 0 spiro atoms. The van der Waals surface area contributed by atoms with Gasteiger partial charge in [-0.2, -0.15) is 0 Å². The fourth-order valence-corrected chi connectivity index (χ4v) is 4.05. The number of nitrogens with zero attached hydrogens (tertiary/aromatic N) is 3. The van der Waals surface area contributed by atoms with Gasteiger partial charge in [0.1, 0.15) is 30.0 Å². The SMILES string of the molecule is CC1(C)O[C@@H]2[C@H](O1)[C@@H](C(=O)c1ccc(Cl)c(F)c1)O[C@H]2n1ccc2cncnc21. The minimum absolute atomic E-state index is 0.0512. The molecule has 2 fully saturated rings. The maximum Gasteiger partial charge on any atom is 0.194 e. The molecule has 0 aliphatic carbocycles.